The van der Waals surface area contributed by atoms with Gasteiger partial charge in [0.25, 0.3) is 0 Å². The minimum Gasteiger partial charge on any atom is -0.0649 e. The Morgan fingerprint density at radius 2 is 1.21 bits per heavy atom. The minimum absolute atomic E-state index is 0.542. The largest absolute Gasteiger partial charge is 0.0649 e. The van der Waals surface area contributed by atoms with Crippen LogP contribution in [0.5, 0.6) is 0 Å². The van der Waals surface area contributed by atoms with Gasteiger partial charge in [-0.2, -0.15) is 0 Å². The van der Waals surface area contributed by atoms with Crippen LogP contribution in [-0.2, 0) is 0 Å². The average molecular weight is 198 g/mol. The van der Waals surface area contributed by atoms with Crippen LogP contribution in [0.2, 0.25) is 0 Å². The van der Waals surface area contributed by atoms with Crippen LogP contribution in [0.15, 0.2) is 0 Å². The zero-order valence-electron chi connectivity index (χ0n) is 11.4. The van der Waals surface area contributed by atoms with Gasteiger partial charge < -0.3 is 0 Å². The molecule has 86 valence electrons. The van der Waals surface area contributed by atoms with Crippen molar-refractivity contribution in [3.8, 4) is 0 Å². The molecule has 0 amide bonds. The summed E-state index contributed by atoms with van der Waals surface area (Å²) < 4.78 is 0. The lowest BCUT2D eigenvalue weighted by Gasteiger charge is -2.16. The zero-order valence-corrected chi connectivity index (χ0v) is 11.4. The minimum atomic E-state index is 0.542. The summed E-state index contributed by atoms with van der Waals surface area (Å²) in [4.78, 5) is 0. The second-order valence-electron chi connectivity index (χ2n) is 7.12. The normalized spacial score (nSPS) is 17.4. The molecule has 0 heterocycles. The third-order valence-electron chi connectivity index (χ3n) is 2.66. The summed E-state index contributed by atoms with van der Waals surface area (Å²) in [6.45, 7) is 15.9. The van der Waals surface area contributed by atoms with Crippen LogP contribution in [0, 0.1) is 16.7 Å². The Morgan fingerprint density at radius 3 is 1.29 bits per heavy atom. The SMILES string of the molecule is CC(C)(C)CC1CC1.CCC(C)(C)C. The van der Waals surface area contributed by atoms with Crippen molar-refractivity contribution in [1.82, 2.24) is 0 Å². The lowest BCUT2D eigenvalue weighted by atomic mass is 9.90. The van der Waals surface area contributed by atoms with Gasteiger partial charge in [-0.25, -0.2) is 0 Å². The molecular formula is C14H30. The van der Waals surface area contributed by atoms with Crippen LogP contribution < -0.4 is 0 Å². The standard InChI is InChI=1S/C8H16.C6H14/c1-8(2,3)6-7-4-5-7;1-5-6(2,3)4/h7H,4-6H2,1-3H3;5H2,1-4H3. The van der Waals surface area contributed by atoms with Gasteiger partial charge in [-0.3, -0.25) is 0 Å². The Labute approximate surface area is 91.5 Å². The predicted octanol–water partition coefficient (Wildman–Crippen LogP) is 5.28. The lowest BCUT2D eigenvalue weighted by Crippen LogP contribution is -2.04. The van der Waals surface area contributed by atoms with Crippen molar-refractivity contribution in [2.75, 3.05) is 0 Å². The van der Waals surface area contributed by atoms with Gasteiger partial charge in [-0.05, 0) is 23.2 Å². The Balaban J connectivity index is 0.000000255. The third-order valence-corrected chi connectivity index (χ3v) is 2.66. The highest BCUT2D eigenvalue weighted by Crippen LogP contribution is 2.39. The van der Waals surface area contributed by atoms with E-state index in [1.54, 1.807) is 0 Å². The maximum atomic E-state index is 2.32. The molecule has 0 aromatic carbocycles. The first-order chi connectivity index (χ1) is 6.14. The van der Waals surface area contributed by atoms with E-state index in [0.29, 0.717) is 10.8 Å². The smallest absolute Gasteiger partial charge is 0.0380 e. The van der Waals surface area contributed by atoms with Gasteiger partial charge in [-0.1, -0.05) is 67.7 Å². The Morgan fingerprint density at radius 1 is 0.857 bits per heavy atom. The maximum absolute atomic E-state index is 2.32. The van der Waals surface area contributed by atoms with E-state index in [1.165, 1.54) is 25.7 Å². The maximum Gasteiger partial charge on any atom is -0.0380 e. The van der Waals surface area contributed by atoms with Crippen molar-refractivity contribution in [2.45, 2.75) is 74.1 Å². The summed E-state index contributed by atoms with van der Waals surface area (Å²) >= 11 is 0. The van der Waals surface area contributed by atoms with E-state index < -0.39 is 0 Å². The van der Waals surface area contributed by atoms with Gasteiger partial charge in [0.05, 0.1) is 0 Å². The lowest BCUT2D eigenvalue weighted by molar-refractivity contribution is 0.354. The van der Waals surface area contributed by atoms with Crippen LogP contribution in [0.25, 0.3) is 0 Å². The summed E-state index contributed by atoms with van der Waals surface area (Å²) in [5, 5.41) is 0. The molecule has 1 rings (SSSR count). The Hall–Kier alpha value is 0. The van der Waals surface area contributed by atoms with E-state index in [-0.39, 0.29) is 0 Å². The van der Waals surface area contributed by atoms with E-state index in [4.69, 9.17) is 0 Å². The number of rotatable bonds is 1. The van der Waals surface area contributed by atoms with Crippen molar-refractivity contribution in [2.24, 2.45) is 16.7 Å². The van der Waals surface area contributed by atoms with E-state index in [1.807, 2.05) is 0 Å². The second-order valence-corrected chi connectivity index (χ2v) is 7.12. The summed E-state index contributed by atoms with van der Waals surface area (Å²) in [6, 6.07) is 0. The molecule has 0 aliphatic heterocycles. The third kappa shape index (κ3) is 12.0. The Kier molecular flexibility index (Phi) is 5.19. The fraction of sp³-hybridized carbons (Fsp3) is 1.00. The molecule has 1 aliphatic rings. The zero-order chi connectivity index (χ0) is 11.4. The fourth-order valence-corrected chi connectivity index (χ4v) is 1.19. The van der Waals surface area contributed by atoms with Gasteiger partial charge in [0.2, 0.25) is 0 Å². The van der Waals surface area contributed by atoms with Gasteiger partial charge in [-0.15, -0.1) is 0 Å². The molecule has 0 radical (unpaired) electrons. The molecule has 14 heavy (non-hydrogen) atoms. The van der Waals surface area contributed by atoms with Gasteiger partial charge in [0.1, 0.15) is 0 Å². The van der Waals surface area contributed by atoms with Crippen LogP contribution in [0.4, 0.5) is 0 Å². The fourth-order valence-electron chi connectivity index (χ4n) is 1.19. The van der Waals surface area contributed by atoms with E-state index in [9.17, 15) is 0 Å². The first kappa shape index (κ1) is 14.0. The average Bonchev–Trinajstić information content (AvgIpc) is 2.68. The molecule has 1 saturated carbocycles. The molecule has 0 nitrogen and oxygen atoms in total. The van der Waals surface area contributed by atoms with Crippen molar-refractivity contribution < 1.29 is 0 Å². The Bertz CT molecular complexity index is 138. The summed E-state index contributed by atoms with van der Waals surface area (Å²) in [5.41, 5.74) is 1.13. The van der Waals surface area contributed by atoms with Crippen molar-refractivity contribution in [1.29, 1.82) is 0 Å². The molecule has 1 fully saturated rings. The highest BCUT2D eigenvalue weighted by molar-refractivity contribution is 4.78. The molecule has 0 aromatic rings. The molecule has 0 heteroatoms. The highest BCUT2D eigenvalue weighted by atomic mass is 14.3. The number of hydrogen-bond acceptors (Lipinski definition) is 0. The first-order valence-corrected chi connectivity index (χ1v) is 6.14. The summed E-state index contributed by atoms with van der Waals surface area (Å²) in [7, 11) is 0. The molecule has 0 spiro atoms. The van der Waals surface area contributed by atoms with Crippen LogP contribution in [0.3, 0.4) is 0 Å². The van der Waals surface area contributed by atoms with E-state index in [0.717, 1.165) is 5.92 Å². The van der Waals surface area contributed by atoms with Gasteiger partial charge in [0.15, 0.2) is 0 Å². The van der Waals surface area contributed by atoms with Crippen molar-refractivity contribution >= 4 is 0 Å². The van der Waals surface area contributed by atoms with Crippen molar-refractivity contribution in [3.63, 3.8) is 0 Å². The van der Waals surface area contributed by atoms with Crippen LogP contribution >= 0.6 is 0 Å². The predicted molar refractivity (Wildman–Crippen MR) is 66.5 cm³/mol. The van der Waals surface area contributed by atoms with Crippen LogP contribution in [0.1, 0.15) is 74.1 Å². The molecule has 0 aromatic heterocycles. The van der Waals surface area contributed by atoms with Crippen molar-refractivity contribution in [3.05, 3.63) is 0 Å². The molecule has 0 saturated heterocycles. The quantitative estimate of drug-likeness (QED) is 0.538. The molecule has 0 unspecified atom stereocenters. The first-order valence-electron chi connectivity index (χ1n) is 6.14. The molecule has 0 bridgehead atoms. The molecular weight excluding hydrogens is 168 g/mol. The second kappa shape index (κ2) is 5.19. The van der Waals surface area contributed by atoms with Gasteiger partial charge in [0, 0.05) is 0 Å². The molecule has 0 atom stereocenters. The summed E-state index contributed by atoms with van der Waals surface area (Å²) in [5.74, 6) is 1.09. The molecule has 0 N–H and O–H groups in total. The van der Waals surface area contributed by atoms with Gasteiger partial charge >= 0.3 is 0 Å². The molecule has 1 aliphatic carbocycles. The summed E-state index contributed by atoms with van der Waals surface area (Å²) in [6.07, 6.45) is 5.70. The van der Waals surface area contributed by atoms with E-state index >= 15 is 0 Å². The monoisotopic (exact) mass is 198 g/mol. The number of hydrogen-bond donors (Lipinski definition) is 0. The topological polar surface area (TPSA) is 0 Å². The highest BCUT2D eigenvalue weighted by Gasteiger charge is 2.26. The van der Waals surface area contributed by atoms with E-state index in [2.05, 4.69) is 48.5 Å². The van der Waals surface area contributed by atoms with Crippen LogP contribution in [-0.4, -0.2) is 0 Å².